The van der Waals surface area contributed by atoms with Crippen molar-refractivity contribution >= 4 is 22.6 Å². The van der Waals surface area contributed by atoms with Crippen LogP contribution in [0.4, 0.5) is 4.39 Å². The first-order valence-electron chi connectivity index (χ1n) is 6.37. The Bertz CT molecular complexity index is 845. The van der Waals surface area contributed by atoms with Gasteiger partial charge in [0.25, 0.3) is 0 Å². The van der Waals surface area contributed by atoms with Crippen LogP contribution in [0.15, 0.2) is 18.2 Å². The van der Waals surface area contributed by atoms with E-state index in [4.69, 9.17) is 16.3 Å². The molecule has 1 N–H and O–H groups in total. The molecule has 4 nitrogen and oxygen atoms in total. The molecule has 0 saturated heterocycles. The topological polar surface area (TPSA) is 50.8 Å². The molecule has 2 aromatic heterocycles. The second-order valence-electron chi connectivity index (χ2n) is 4.79. The largest absolute Gasteiger partial charge is 0.492 e. The van der Waals surface area contributed by atoms with Crippen molar-refractivity contribution in [3.8, 4) is 17.1 Å². The lowest BCUT2D eigenvalue weighted by atomic mass is 10.1. The van der Waals surface area contributed by atoms with E-state index in [1.165, 1.54) is 7.11 Å². The molecule has 0 aliphatic heterocycles. The summed E-state index contributed by atoms with van der Waals surface area (Å²) in [6, 6.07) is 5.09. The van der Waals surface area contributed by atoms with Crippen molar-refractivity contribution in [1.29, 1.82) is 0 Å². The summed E-state index contributed by atoms with van der Waals surface area (Å²) in [5.41, 5.74) is 2.71. The number of nitrogens with zero attached hydrogens (tertiary/aromatic N) is 2. The Balaban J connectivity index is 2.25. The van der Waals surface area contributed by atoms with Crippen LogP contribution in [0.25, 0.3) is 22.4 Å². The van der Waals surface area contributed by atoms with E-state index >= 15 is 0 Å². The number of fused-ring (bicyclic) bond motifs is 1. The number of nitrogens with one attached hydrogen (secondary N) is 1. The number of aromatic nitrogens is 3. The fourth-order valence-electron chi connectivity index (χ4n) is 2.30. The number of hydrogen-bond acceptors (Lipinski definition) is 3. The van der Waals surface area contributed by atoms with Gasteiger partial charge in [0.15, 0.2) is 17.4 Å². The van der Waals surface area contributed by atoms with Crippen molar-refractivity contribution in [2.45, 2.75) is 13.8 Å². The summed E-state index contributed by atoms with van der Waals surface area (Å²) < 4.78 is 19.4. The van der Waals surface area contributed by atoms with Gasteiger partial charge in [-0.3, -0.25) is 0 Å². The highest BCUT2D eigenvalue weighted by Gasteiger charge is 2.17. The third-order valence-electron chi connectivity index (χ3n) is 3.31. The van der Waals surface area contributed by atoms with Gasteiger partial charge in [-0.2, -0.15) is 0 Å². The van der Waals surface area contributed by atoms with Gasteiger partial charge in [0.05, 0.1) is 23.4 Å². The summed E-state index contributed by atoms with van der Waals surface area (Å²) in [5, 5.41) is 1.14. The molecular formula is C15H13ClFN3O. The van der Waals surface area contributed by atoms with Crippen LogP contribution in [-0.2, 0) is 0 Å². The van der Waals surface area contributed by atoms with Gasteiger partial charge >= 0.3 is 0 Å². The van der Waals surface area contributed by atoms with Crippen LogP contribution >= 0.6 is 11.6 Å². The monoisotopic (exact) mass is 305 g/mol. The number of aromatic amines is 1. The van der Waals surface area contributed by atoms with Crippen LogP contribution in [-0.4, -0.2) is 22.1 Å². The number of aryl methyl sites for hydroxylation is 2. The average Bonchev–Trinajstić information content (AvgIpc) is 2.80. The second-order valence-corrected chi connectivity index (χ2v) is 5.20. The van der Waals surface area contributed by atoms with E-state index in [0.29, 0.717) is 11.5 Å². The first-order chi connectivity index (χ1) is 10.0. The van der Waals surface area contributed by atoms with Gasteiger partial charge in [-0.25, -0.2) is 14.4 Å². The minimum Gasteiger partial charge on any atom is -0.492 e. The molecule has 0 fully saturated rings. The number of ether oxygens (including phenoxy) is 1. The number of rotatable bonds is 2. The van der Waals surface area contributed by atoms with Crippen molar-refractivity contribution in [2.75, 3.05) is 7.11 Å². The quantitative estimate of drug-likeness (QED) is 0.777. The number of hydrogen-bond donors (Lipinski definition) is 1. The van der Waals surface area contributed by atoms with Crippen LogP contribution in [0.1, 0.15) is 11.4 Å². The predicted molar refractivity (Wildman–Crippen MR) is 80.3 cm³/mol. The molecule has 0 saturated carbocycles. The lowest BCUT2D eigenvalue weighted by molar-refractivity contribution is 0.387. The van der Waals surface area contributed by atoms with Crippen molar-refractivity contribution in [3.63, 3.8) is 0 Å². The molecule has 1 aromatic carbocycles. The number of halogens is 2. The minimum atomic E-state index is -0.563. The predicted octanol–water partition coefficient (Wildman–Crippen LogP) is 4.04. The van der Waals surface area contributed by atoms with E-state index in [-0.39, 0.29) is 16.3 Å². The lowest BCUT2D eigenvalue weighted by Crippen LogP contribution is -1.98. The molecule has 6 heteroatoms. The molecule has 108 valence electrons. The molecule has 21 heavy (non-hydrogen) atoms. The smallest absolute Gasteiger partial charge is 0.177 e. The number of benzene rings is 1. The minimum absolute atomic E-state index is 0.00168. The SMILES string of the molecule is COc1c(Cl)ccc(-c2nc(C)c3cc(C)[nH]c3n2)c1F. The number of H-pyrrole nitrogens is 1. The van der Waals surface area contributed by atoms with Crippen LogP contribution in [0.5, 0.6) is 5.75 Å². The van der Waals surface area contributed by atoms with E-state index in [1.54, 1.807) is 12.1 Å². The van der Waals surface area contributed by atoms with E-state index in [1.807, 2.05) is 19.9 Å². The standard InChI is InChI=1S/C15H13ClFN3O/c1-7-6-10-8(2)19-14(20-15(10)18-7)9-4-5-11(16)13(21-3)12(9)17/h4-6H,1-3H3,(H,18,19,20). The molecule has 0 aliphatic rings. The molecule has 0 atom stereocenters. The van der Waals surface area contributed by atoms with Gasteiger partial charge in [0, 0.05) is 11.1 Å². The Morgan fingerprint density at radius 1 is 1.24 bits per heavy atom. The lowest BCUT2D eigenvalue weighted by Gasteiger charge is -2.09. The van der Waals surface area contributed by atoms with E-state index in [0.717, 1.165) is 16.8 Å². The maximum absolute atomic E-state index is 14.5. The summed E-state index contributed by atoms with van der Waals surface area (Å²) in [4.78, 5) is 11.9. The van der Waals surface area contributed by atoms with Gasteiger partial charge < -0.3 is 9.72 Å². The van der Waals surface area contributed by atoms with Crippen molar-refractivity contribution in [2.24, 2.45) is 0 Å². The second kappa shape index (κ2) is 5.00. The molecule has 0 amide bonds. The molecule has 0 aliphatic carbocycles. The zero-order chi connectivity index (χ0) is 15.1. The summed E-state index contributed by atoms with van der Waals surface area (Å²) in [6.07, 6.45) is 0. The summed E-state index contributed by atoms with van der Waals surface area (Å²) >= 11 is 5.91. The summed E-state index contributed by atoms with van der Waals surface area (Å²) in [6.45, 7) is 3.80. The van der Waals surface area contributed by atoms with Crippen molar-refractivity contribution in [3.05, 3.63) is 40.4 Å². The van der Waals surface area contributed by atoms with Gasteiger partial charge in [-0.05, 0) is 32.0 Å². The van der Waals surface area contributed by atoms with Gasteiger partial charge in [-0.15, -0.1) is 0 Å². The summed E-state index contributed by atoms with van der Waals surface area (Å²) in [7, 11) is 1.37. The van der Waals surface area contributed by atoms with E-state index in [2.05, 4.69) is 15.0 Å². The Hall–Kier alpha value is -2.14. The third-order valence-corrected chi connectivity index (χ3v) is 3.60. The maximum Gasteiger partial charge on any atom is 0.177 e. The Labute approximate surface area is 125 Å². The maximum atomic E-state index is 14.5. The number of methoxy groups -OCH3 is 1. The average molecular weight is 306 g/mol. The van der Waals surface area contributed by atoms with E-state index < -0.39 is 5.82 Å². The Kier molecular flexibility index (Phi) is 3.29. The molecule has 3 aromatic rings. The van der Waals surface area contributed by atoms with Crippen LogP contribution < -0.4 is 4.74 Å². The zero-order valence-corrected chi connectivity index (χ0v) is 12.5. The Morgan fingerprint density at radius 2 is 2.00 bits per heavy atom. The zero-order valence-electron chi connectivity index (χ0n) is 11.8. The van der Waals surface area contributed by atoms with Gasteiger partial charge in [0.2, 0.25) is 0 Å². The van der Waals surface area contributed by atoms with Crippen molar-refractivity contribution in [1.82, 2.24) is 15.0 Å². The molecule has 0 spiro atoms. The van der Waals surface area contributed by atoms with Gasteiger partial charge in [0.1, 0.15) is 5.65 Å². The first-order valence-corrected chi connectivity index (χ1v) is 6.75. The molecule has 0 radical (unpaired) electrons. The highest BCUT2D eigenvalue weighted by Crippen LogP contribution is 2.34. The van der Waals surface area contributed by atoms with E-state index in [9.17, 15) is 4.39 Å². The summed E-state index contributed by atoms with van der Waals surface area (Å²) in [5.74, 6) is -0.264. The fourth-order valence-corrected chi connectivity index (χ4v) is 2.52. The molecule has 0 unspecified atom stereocenters. The van der Waals surface area contributed by atoms with Gasteiger partial charge in [-0.1, -0.05) is 11.6 Å². The molecule has 3 rings (SSSR count). The highest BCUT2D eigenvalue weighted by molar-refractivity contribution is 6.32. The fraction of sp³-hybridized carbons (Fsp3) is 0.200. The van der Waals surface area contributed by atoms with Crippen molar-refractivity contribution < 1.29 is 9.13 Å². The molecule has 0 bridgehead atoms. The van der Waals surface area contributed by atoms with Crippen LogP contribution in [0.2, 0.25) is 5.02 Å². The normalized spacial score (nSPS) is 11.1. The molecule has 2 heterocycles. The highest BCUT2D eigenvalue weighted by atomic mass is 35.5. The first kappa shape index (κ1) is 13.8. The van der Waals surface area contributed by atoms with Crippen LogP contribution in [0, 0.1) is 19.7 Å². The molecular weight excluding hydrogens is 293 g/mol. The van der Waals surface area contributed by atoms with Crippen LogP contribution in [0.3, 0.4) is 0 Å². The third kappa shape index (κ3) is 2.23. The Morgan fingerprint density at radius 3 is 2.71 bits per heavy atom.